The number of hydrogen-bond donors (Lipinski definition) is 1. The SMILES string of the molecule is CCn1c(=O)sc2cc(NC(=O)c3ccc(CS(=O)(=O)N4CCCCC4)cc3)ccc21. The molecular weight excluding hydrogens is 434 g/mol. The van der Waals surface area contributed by atoms with Crippen LogP contribution < -0.4 is 10.2 Å². The Balaban J connectivity index is 1.44. The van der Waals surface area contributed by atoms with Crippen molar-refractivity contribution >= 4 is 43.2 Å². The summed E-state index contributed by atoms with van der Waals surface area (Å²) in [7, 11) is -3.34. The fourth-order valence-corrected chi connectivity index (χ4v) is 6.45. The Kier molecular flexibility index (Phi) is 6.27. The molecule has 2 aromatic carbocycles. The van der Waals surface area contributed by atoms with Gasteiger partial charge in [-0.25, -0.2) is 12.7 Å². The van der Waals surface area contributed by atoms with Crippen molar-refractivity contribution in [2.45, 2.75) is 38.5 Å². The Hall–Kier alpha value is -2.49. The predicted octanol–water partition coefficient (Wildman–Crippen LogP) is 3.65. The molecule has 0 bridgehead atoms. The lowest BCUT2D eigenvalue weighted by molar-refractivity contribution is 0.102. The quantitative estimate of drug-likeness (QED) is 0.609. The van der Waals surface area contributed by atoms with Gasteiger partial charge in [-0.15, -0.1) is 0 Å². The van der Waals surface area contributed by atoms with Crippen LogP contribution in [0.3, 0.4) is 0 Å². The van der Waals surface area contributed by atoms with Gasteiger partial charge in [-0.3, -0.25) is 14.2 Å². The van der Waals surface area contributed by atoms with E-state index in [0.717, 1.165) is 40.8 Å². The first-order valence-electron chi connectivity index (χ1n) is 10.4. The molecule has 1 fully saturated rings. The predicted molar refractivity (Wildman–Crippen MR) is 124 cm³/mol. The van der Waals surface area contributed by atoms with Crippen molar-refractivity contribution in [3.63, 3.8) is 0 Å². The second-order valence-corrected chi connectivity index (χ2v) is 10.6. The van der Waals surface area contributed by atoms with E-state index in [1.54, 1.807) is 45.3 Å². The number of aryl methyl sites for hydroxylation is 1. The third kappa shape index (κ3) is 4.73. The zero-order chi connectivity index (χ0) is 22.0. The van der Waals surface area contributed by atoms with E-state index in [1.807, 2.05) is 13.0 Å². The van der Waals surface area contributed by atoms with E-state index in [0.29, 0.717) is 36.4 Å². The molecule has 1 saturated heterocycles. The van der Waals surface area contributed by atoms with Crippen molar-refractivity contribution < 1.29 is 13.2 Å². The van der Waals surface area contributed by atoms with Gasteiger partial charge in [0.15, 0.2) is 0 Å². The number of aromatic nitrogens is 1. The van der Waals surface area contributed by atoms with Crippen LogP contribution in [0.1, 0.15) is 42.1 Å². The Morgan fingerprint density at radius 3 is 2.45 bits per heavy atom. The monoisotopic (exact) mass is 459 g/mol. The Bertz CT molecular complexity index is 1250. The first-order chi connectivity index (χ1) is 14.9. The average molecular weight is 460 g/mol. The van der Waals surface area contributed by atoms with Crippen LogP contribution in [-0.2, 0) is 22.3 Å². The largest absolute Gasteiger partial charge is 0.322 e. The van der Waals surface area contributed by atoms with Gasteiger partial charge < -0.3 is 5.32 Å². The summed E-state index contributed by atoms with van der Waals surface area (Å²) in [6.45, 7) is 3.70. The van der Waals surface area contributed by atoms with Crippen LogP contribution in [0, 0.1) is 0 Å². The molecule has 0 radical (unpaired) electrons. The van der Waals surface area contributed by atoms with Gasteiger partial charge in [-0.05, 0) is 55.7 Å². The van der Waals surface area contributed by atoms with Crippen molar-refractivity contribution in [1.29, 1.82) is 0 Å². The molecular formula is C22H25N3O4S2. The number of anilines is 1. The Labute approximate surface area is 185 Å². The molecule has 1 amide bonds. The number of piperidine rings is 1. The third-order valence-electron chi connectivity index (χ3n) is 5.52. The van der Waals surface area contributed by atoms with E-state index >= 15 is 0 Å². The second kappa shape index (κ2) is 8.94. The summed E-state index contributed by atoms with van der Waals surface area (Å²) in [6, 6.07) is 12.1. The number of carbonyl (C=O) groups excluding carboxylic acids is 1. The second-order valence-electron chi connectivity index (χ2n) is 7.66. The fourth-order valence-electron chi connectivity index (χ4n) is 3.84. The summed E-state index contributed by atoms with van der Waals surface area (Å²) < 4.78 is 29.3. The van der Waals surface area contributed by atoms with Crippen LogP contribution in [0.4, 0.5) is 5.69 Å². The van der Waals surface area contributed by atoms with Crippen LogP contribution >= 0.6 is 11.3 Å². The van der Waals surface area contributed by atoms with Gasteiger partial charge in [-0.2, -0.15) is 0 Å². The molecule has 9 heteroatoms. The summed E-state index contributed by atoms with van der Waals surface area (Å²) in [5.74, 6) is -0.342. The number of hydrogen-bond acceptors (Lipinski definition) is 5. The van der Waals surface area contributed by atoms with Gasteiger partial charge in [0, 0.05) is 30.9 Å². The van der Waals surface area contributed by atoms with E-state index in [1.165, 1.54) is 0 Å². The van der Waals surface area contributed by atoms with E-state index in [2.05, 4.69) is 5.32 Å². The molecule has 31 heavy (non-hydrogen) atoms. The molecule has 1 N–H and O–H groups in total. The summed E-state index contributed by atoms with van der Waals surface area (Å²) in [5.41, 5.74) is 2.57. The highest BCUT2D eigenvalue weighted by atomic mass is 32.2. The standard InChI is InChI=1S/C22H25N3O4S2/c1-2-25-19-11-10-18(14-20(19)30-22(25)27)23-21(26)17-8-6-16(7-9-17)15-31(28,29)24-12-4-3-5-13-24/h6-11,14H,2-5,12-13,15H2,1H3,(H,23,26). The topological polar surface area (TPSA) is 88.5 Å². The minimum absolute atomic E-state index is 0.0175. The van der Waals surface area contributed by atoms with Crippen LogP contribution in [-0.4, -0.2) is 36.3 Å². The number of carbonyl (C=O) groups is 1. The molecule has 0 atom stereocenters. The lowest BCUT2D eigenvalue weighted by atomic mass is 10.1. The van der Waals surface area contributed by atoms with Crippen molar-refractivity contribution in [3.8, 4) is 0 Å². The Morgan fingerprint density at radius 1 is 1.06 bits per heavy atom. The van der Waals surface area contributed by atoms with Crippen molar-refractivity contribution in [2.75, 3.05) is 18.4 Å². The highest BCUT2D eigenvalue weighted by Gasteiger charge is 2.24. The number of amides is 1. The van der Waals surface area contributed by atoms with Crippen LogP contribution in [0.25, 0.3) is 10.2 Å². The summed E-state index contributed by atoms with van der Waals surface area (Å²) in [4.78, 5) is 24.6. The first kappa shape index (κ1) is 21.7. The zero-order valence-corrected chi connectivity index (χ0v) is 19.0. The Morgan fingerprint density at radius 2 is 1.77 bits per heavy atom. The first-order valence-corrected chi connectivity index (χ1v) is 12.8. The molecule has 2 heterocycles. The van der Waals surface area contributed by atoms with Crippen molar-refractivity contribution in [1.82, 2.24) is 8.87 Å². The van der Waals surface area contributed by atoms with Gasteiger partial charge in [0.2, 0.25) is 10.0 Å². The van der Waals surface area contributed by atoms with Crippen molar-refractivity contribution in [3.05, 3.63) is 63.3 Å². The molecule has 0 aliphatic carbocycles. The fraction of sp³-hybridized carbons (Fsp3) is 0.364. The molecule has 164 valence electrons. The maximum atomic E-state index is 12.6. The summed E-state index contributed by atoms with van der Waals surface area (Å²) >= 11 is 1.15. The number of thiazole rings is 1. The lowest BCUT2D eigenvalue weighted by Gasteiger charge is -2.25. The number of nitrogens with zero attached hydrogens (tertiary/aromatic N) is 2. The average Bonchev–Trinajstić information content (AvgIpc) is 3.08. The minimum Gasteiger partial charge on any atom is -0.322 e. The highest BCUT2D eigenvalue weighted by Crippen LogP contribution is 2.23. The number of fused-ring (bicyclic) bond motifs is 1. The van der Waals surface area contributed by atoms with Crippen LogP contribution in [0.15, 0.2) is 47.3 Å². The number of sulfonamides is 1. The molecule has 0 spiro atoms. The molecule has 7 nitrogen and oxygen atoms in total. The highest BCUT2D eigenvalue weighted by molar-refractivity contribution is 7.88. The minimum atomic E-state index is -3.34. The smallest absolute Gasteiger partial charge is 0.308 e. The molecule has 1 aliphatic rings. The normalized spacial score (nSPS) is 15.3. The van der Waals surface area contributed by atoms with Gasteiger partial charge in [0.05, 0.1) is 16.0 Å². The van der Waals surface area contributed by atoms with Crippen molar-refractivity contribution in [2.24, 2.45) is 0 Å². The van der Waals surface area contributed by atoms with Gasteiger partial charge in [0.1, 0.15) is 0 Å². The third-order valence-corrected chi connectivity index (χ3v) is 8.31. The molecule has 1 aliphatic heterocycles. The molecule has 4 rings (SSSR count). The van der Waals surface area contributed by atoms with Crippen LogP contribution in [0.5, 0.6) is 0 Å². The van der Waals surface area contributed by atoms with Crippen LogP contribution in [0.2, 0.25) is 0 Å². The van der Waals surface area contributed by atoms with E-state index in [-0.39, 0.29) is 16.5 Å². The van der Waals surface area contributed by atoms with E-state index in [9.17, 15) is 18.0 Å². The van der Waals surface area contributed by atoms with E-state index < -0.39 is 10.0 Å². The maximum Gasteiger partial charge on any atom is 0.308 e. The maximum absolute atomic E-state index is 12.6. The lowest BCUT2D eigenvalue weighted by Crippen LogP contribution is -2.36. The number of benzene rings is 2. The number of rotatable bonds is 6. The molecule has 1 aromatic heterocycles. The zero-order valence-electron chi connectivity index (χ0n) is 17.3. The van der Waals surface area contributed by atoms with Gasteiger partial charge >= 0.3 is 4.87 Å². The molecule has 0 unspecified atom stereocenters. The summed E-state index contributed by atoms with van der Waals surface area (Å²) in [5, 5.41) is 2.85. The molecule has 3 aromatic rings. The number of nitrogens with one attached hydrogen (secondary N) is 1. The van der Waals surface area contributed by atoms with Gasteiger partial charge in [-0.1, -0.05) is 29.9 Å². The molecule has 0 saturated carbocycles. The van der Waals surface area contributed by atoms with Gasteiger partial charge in [0.25, 0.3) is 5.91 Å². The summed E-state index contributed by atoms with van der Waals surface area (Å²) in [6.07, 6.45) is 2.89. The van der Waals surface area contributed by atoms with E-state index in [4.69, 9.17) is 0 Å².